The van der Waals surface area contributed by atoms with Gasteiger partial charge in [0.25, 0.3) is 5.91 Å². The Morgan fingerprint density at radius 3 is 2.40 bits per heavy atom. The van der Waals surface area contributed by atoms with Crippen molar-refractivity contribution in [1.82, 2.24) is 14.9 Å². The van der Waals surface area contributed by atoms with E-state index in [1.165, 1.54) is 28.6 Å². The first kappa shape index (κ1) is 25.6. The van der Waals surface area contributed by atoms with Gasteiger partial charge in [-0.15, -0.1) is 0 Å². The summed E-state index contributed by atoms with van der Waals surface area (Å²) in [6.07, 6.45) is 0.410. The van der Waals surface area contributed by atoms with Gasteiger partial charge in [-0.2, -0.15) is 4.31 Å². The molecule has 4 rings (SSSR count). The van der Waals surface area contributed by atoms with E-state index in [0.29, 0.717) is 35.5 Å². The molecule has 2 aromatic carbocycles. The van der Waals surface area contributed by atoms with Crippen molar-refractivity contribution >= 4 is 33.4 Å². The van der Waals surface area contributed by atoms with E-state index in [2.05, 4.69) is 10.6 Å². The zero-order valence-electron chi connectivity index (χ0n) is 19.6. The molecule has 35 heavy (non-hydrogen) atoms. The van der Waals surface area contributed by atoms with Gasteiger partial charge < -0.3 is 10.6 Å². The molecule has 7 nitrogen and oxygen atoms in total. The Morgan fingerprint density at radius 1 is 1.17 bits per heavy atom. The van der Waals surface area contributed by atoms with Crippen molar-refractivity contribution in [2.45, 2.75) is 62.8 Å². The summed E-state index contributed by atoms with van der Waals surface area (Å²) in [5.74, 6) is -0.716. The van der Waals surface area contributed by atoms with E-state index < -0.39 is 28.3 Å². The number of carbonyl (C=O) groups is 2. The second-order valence-electron chi connectivity index (χ2n) is 9.96. The number of nitrogens with one attached hydrogen (secondary N) is 2. The van der Waals surface area contributed by atoms with Crippen molar-refractivity contribution in [2.75, 3.05) is 6.54 Å². The number of rotatable bonds is 7. The third-order valence-electron chi connectivity index (χ3n) is 6.50. The maximum absolute atomic E-state index is 13.8. The van der Waals surface area contributed by atoms with Gasteiger partial charge in [0.2, 0.25) is 15.9 Å². The molecule has 2 fully saturated rings. The SMILES string of the molecule is CC1(C)CCNC(=O)C(N(Cc2ccc(C(=O)NC3CC3F)cc2)S(=O)(=O)c2ccc(Cl)cc2)C1. The molecule has 10 heteroatoms. The summed E-state index contributed by atoms with van der Waals surface area (Å²) in [5.41, 5.74) is 0.716. The number of sulfonamides is 1. The van der Waals surface area contributed by atoms with Gasteiger partial charge in [0, 0.05) is 30.1 Å². The van der Waals surface area contributed by atoms with Crippen LogP contribution in [0, 0.1) is 5.41 Å². The highest BCUT2D eigenvalue weighted by Gasteiger charge is 2.41. The highest BCUT2D eigenvalue weighted by Crippen LogP contribution is 2.34. The Bertz CT molecular complexity index is 1200. The Balaban J connectivity index is 1.64. The van der Waals surface area contributed by atoms with Crippen LogP contribution in [-0.4, -0.2) is 49.3 Å². The average molecular weight is 522 g/mol. The number of carbonyl (C=O) groups excluding carboxylic acids is 2. The summed E-state index contributed by atoms with van der Waals surface area (Å²) in [5, 5.41) is 5.88. The number of halogens is 2. The van der Waals surface area contributed by atoms with Gasteiger partial charge in [0.1, 0.15) is 12.2 Å². The van der Waals surface area contributed by atoms with Crippen molar-refractivity contribution < 1.29 is 22.4 Å². The highest BCUT2D eigenvalue weighted by atomic mass is 35.5. The minimum atomic E-state index is -4.06. The van der Waals surface area contributed by atoms with Crippen molar-refractivity contribution in [1.29, 1.82) is 0 Å². The zero-order chi connectivity index (χ0) is 25.4. The Hall–Kier alpha value is -2.49. The molecule has 1 aliphatic heterocycles. The molecule has 3 atom stereocenters. The molecule has 0 aromatic heterocycles. The quantitative estimate of drug-likeness (QED) is 0.581. The normalized spacial score (nSPS) is 23.9. The predicted octanol–water partition coefficient (Wildman–Crippen LogP) is 3.68. The molecule has 1 saturated heterocycles. The fraction of sp³-hybridized carbons (Fsp3) is 0.440. The van der Waals surface area contributed by atoms with Crippen LogP contribution in [0.4, 0.5) is 4.39 Å². The van der Waals surface area contributed by atoms with E-state index in [4.69, 9.17) is 11.6 Å². The lowest BCUT2D eigenvalue weighted by Crippen LogP contribution is -2.49. The minimum Gasteiger partial charge on any atom is -0.355 e. The molecule has 188 valence electrons. The molecular weight excluding hydrogens is 493 g/mol. The summed E-state index contributed by atoms with van der Waals surface area (Å²) in [4.78, 5) is 25.4. The maximum Gasteiger partial charge on any atom is 0.251 e. The monoisotopic (exact) mass is 521 g/mol. The van der Waals surface area contributed by atoms with Gasteiger partial charge in [0.15, 0.2) is 0 Å². The number of alkyl halides is 1. The number of amides is 2. The molecular formula is C25H29ClFN3O4S. The van der Waals surface area contributed by atoms with E-state index in [0.717, 1.165) is 6.42 Å². The third-order valence-corrected chi connectivity index (χ3v) is 8.62. The van der Waals surface area contributed by atoms with E-state index in [1.807, 2.05) is 13.8 Å². The second kappa shape index (κ2) is 9.87. The van der Waals surface area contributed by atoms with Crippen molar-refractivity contribution in [3.8, 4) is 0 Å². The van der Waals surface area contributed by atoms with Crippen LogP contribution >= 0.6 is 11.6 Å². The number of hydrogen-bond acceptors (Lipinski definition) is 4. The molecule has 0 bridgehead atoms. The summed E-state index contributed by atoms with van der Waals surface area (Å²) < 4.78 is 41.8. The van der Waals surface area contributed by atoms with E-state index >= 15 is 0 Å². The highest BCUT2D eigenvalue weighted by molar-refractivity contribution is 7.89. The molecule has 2 aliphatic rings. The molecule has 0 radical (unpaired) electrons. The molecule has 1 saturated carbocycles. The first-order valence-corrected chi connectivity index (χ1v) is 13.4. The zero-order valence-corrected chi connectivity index (χ0v) is 21.2. The second-order valence-corrected chi connectivity index (χ2v) is 12.3. The van der Waals surface area contributed by atoms with Crippen LogP contribution in [0.3, 0.4) is 0 Å². The first-order chi connectivity index (χ1) is 16.5. The fourth-order valence-corrected chi connectivity index (χ4v) is 5.91. The molecule has 2 N–H and O–H groups in total. The first-order valence-electron chi connectivity index (χ1n) is 11.6. The lowest BCUT2D eigenvalue weighted by molar-refractivity contribution is -0.125. The third kappa shape index (κ3) is 6.02. The number of hydrogen-bond donors (Lipinski definition) is 2. The van der Waals surface area contributed by atoms with Crippen LogP contribution in [0.25, 0.3) is 0 Å². The summed E-state index contributed by atoms with van der Waals surface area (Å²) in [7, 11) is -4.06. The largest absolute Gasteiger partial charge is 0.355 e. The van der Waals surface area contributed by atoms with Gasteiger partial charge >= 0.3 is 0 Å². The van der Waals surface area contributed by atoms with Gasteiger partial charge in [-0.05, 0) is 60.2 Å². The molecule has 0 spiro atoms. The number of nitrogens with zero attached hydrogens (tertiary/aromatic N) is 1. The Labute approximate surface area is 210 Å². The predicted molar refractivity (Wildman–Crippen MR) is 131 cm³/mol. The Kier molecular flexibility index (Phi) is 7.22. The summed E-state index contributed by atoms with van der Waals surface area (Å²) in [6.45, 7) is 4.45. The summed E-state index contributed by atoms with van der Waals surface area (Å²) >= 11 is 5.96. The molecule has 2 amide bonds. The van der Waals surface area contributed by atoms with Gasteiger partial charge in [-0.25, -0.2) is 12.8 Å². The smallest absolute Gasteiger partial charge is 0.251 e. The minimum absolute atomic E-state index is 0.0398. The van der Waals surface area contributed by atoms with Crippen LogP contribution in [0.15, 0.2) is 53.4 Å². The van der Waals surface area contributed by atoms with Gasteiger partial charge in [-0.1, -0.05) is 37.6 Å². The average Bonchev–Trinajstić information content (AvgIpc) is 3.52. The van der Waals surface area contributed by atoms with Crippen molar-refractivity contribution in [2.24, 2.45) is 5.41 Å². The van der Waals surface area contributed by atoms with E-state index in [9.17, 15) is 22.4 Å². The van der Waals surface area contributed by atoms with E-state index in [1.54, 1.807) is 24.3 Å². The maximum atomic E-state index is 13.8. The lowest BCUT2D eigenvalue weighted by Gasteiger charge is -2.33. The topological polar surface area (TPSA) is 95.6 Å². The van der Waals surface area contributed by atoms with Gasteiger partial charge in [-0.3, -0.25) is 9.59 Å². The molecule has 1 heterocycles. The molecule has 2 aromatic rings. The summed E-state index contributed by atoms with van der Waals surface area (Å²) in [6, 6.07) is 10.9. The standard InChI is InChI=1S/C25H29ClFN3O4S/c1-25(2)11-12-28-24(32)22(14-25)30(35(33,34)19-9-7-18(26)8-10-19)15-16-3-5-17(6-4-16)23(31)29-21-13-20(21)27/h3-10,20-22H,11-15H2,1-2H3,(H,28,32)(H,29,31). The van der Waals surface area contributed by atoms with Crippen LogP contribution in [0.1, 0.15) is 49.0 Å². The van der Waals surface area contributed by atoms with E-state index in [-0.39, 0.29) is 28.7 Å². The molecule has 1 aliphatic carbocycles. The fourth-order valence-electron chi connectivity index (χ4n) is 4.20. The van der Waals surface area contributed by atoms with Crippen molar-refractivity contribution in [3.63, 3.8) is 0 Å². The number of benzene rings is 2. The van der Waals surface area contributed by atoms with Crippen molar-refractivity contribution in [3.05, 3.63) is 64.7 Å². The van der Waals surface area contributed by atoms with Crippen LogP contribution in [-0.2, 0) is 21.4 Å². The van der Waals surface area contributed by atoms with Crippen LogP contribution < -0.4 is 10.6 Å². The van der Waals surface area contributed by atoms with Gasteiger partial charge in [0.05, 0.1) is 10.9 Å². The van der Waals surface area contributed by atoms with Crippen LogP contribution in [0.2, 0.25) is 5.02 Å². The Morgan fingerprint density at radius 2 is 1.80 bits per heavy atom. The van der Waals surface area contributed by atoms with Crippen LogP contribution in [0.5, 0.6) is 0 Å². The lowest BCUT2D eigenvalue weighted by atomic mass is 9.83. The molecule has 3 unspecified atom stereocenters.